The second-order valence-corrected chi connectivity index (χ2v) is 8.06. The molecule has 0 spiro atoms. The molecular formula is C18H21BrN2O2S. The number of carbonyl (C=O) groups excluding carboxylic acids is 1. The summed E-state index contributed by atoms with van der Waals surface area (Å²) >= 11 is 5.28. The fourth-order valence-electron chi connectivity index (χ4n) is 2.83. The van der Waals surface area contributed by atoms with E-state index in [0.29, 0.717) is 10.4 Å². The first-order chi connectivity index (χ1) is 11.5. The molecule has 1 aromatic carbocycles. The molecule has 24 heavy (non-hydrogen) atoms. The Balaban J connectivity index is 1.68. The van der Waals surface area contributed by atoms with Crippen LogP contribution in [0.5, 0.6) is 0 Å². The van der Waals surface area contributed by atoms with Crippen molar-refractivity contribution in [2.24, 2.45) is 0 Å². The van der Waals surface area contributed by atoms with Crippen LogP contribution in [0.2, 0.25) is 0 Å². The van der Waals surface area contributed by atoms with Crippen LogP contribution in [0.25, 0.3) is 0 Å². The highest BCUT2D eigenvalue weighted by atomic mass is 79.9. The predicted octanol–water partition coefficient (Wildman–Crippen LogP) is 4.46. The van der Waals surface area contributed by atoms with Gasteiger partial charge in [-0.15, -0.1) is 0 Å². The zero-order chi connectivity index (χ0) is 17.1. The van der Waals surface area contributed by atoms with E-state index in [4.69, 9.17) is 4.42 Å². The van der Waals surface area contributed by atoms with E-state index in [1.165, 1.54) is 17.1 Å². The van der Waals surface area contributed by atoms with Crippen LogP contribution in [-0.4, -0.2) is 35.4 Å². The molecule has 6 heteroatoms. The number of furan rings is 1. The molecule has 0 unspecified atom stereocenters. The zero-order valence-electron chi connectivity index (χ0n) is 13.9. The Hall–Kier alpha value is -1.24. The predicted molar refractivity (Wildman–Crippen MR) is 103 cm³/mol. The van der Waals surface area contributed by atoms with Crippen LogP contribution >= 0.6 is 27.7 Å². The first kappa shape index (κ1) is 17.6. The van der Waals surface area contributed by atoms with E-state index in [9.17, 15) is 4.79 Å². The molecule has 1 aliphatic heterocycles. The van der Waals surface area contributed by atoms with Gasteiger partial charge < -0.3 is 9.73 Å². The summed E-state index contributed by atoms with van der Waals surface area (Å²) in [5.74, 6) is 2.55. The van der Waals surface area contributed by atoms with Crippen molar-refractivity contribution in [1.82, 2.24) is 4.90 Å². The van der Waals surface area contributed by atoms with Gasteiger partial charge in [-0.2, -0.15) is 11.8 Å². The van der Waals surface area contributed by atoms with Crippen LogP contribution in [0.4, 0.5) is 5.69 Å². The van der Waals surface area contributed by atoms with E-state index < -0.39 is 0 Å². The van der Waals surface area contributed by atoms with Crippen LogP contribution in [0.3, 0.4) is 0 Å². The van der Waals surface area contributed by atoms with Crippen LogP contribution in [0, 0.1) is 13.8 Å². The topological polar surface area (TPSA) is 45.5 Å². The molecule has 1 amide bonds. The molecule has 1 fully saturated rings. The highest BCUT2D eigenvalue weighted by Crippen LogP contribution is 2.23. The highest BCUT2D eigenvalue weighted by Gasteiger charge is 2.16. The van der Waals surface area contributed by atoms with Gasteiger partial charge in [-0.25, -0.2) is 0 Å². The molecule has 0 bridgehead atoms. The fourth-order valence-corrected chi connectivity index (χ4v) is 4.31. The van der Waals surface area contributed by atoms with Crippen molar-refractivity contribution < 1.29 is 9.21 Å². The number of rotatable bonds is 4. The minimum Gasteiger partial charge on any atom is -0.444 e. The standard InChI is InChI=1S/C18H21BrN2O2S/c1-12-9-14(11-21-5-7-24-8-6-21)3-4-15(12)20-18(22)17-13(2)10-16(19)23-17/h3-4,9-10H,5-8,11H2,1-2H3,(H,20,22). The van der Waals surface area contributed by atoms with Gasteiger partial charge in [0, 0.05) is 42.4 Å². The van der Waals surface area contributed by atoms with Crippen molar-refractivity contribution in [3.8, 4) is 0 Å². The van der Waals surface area contributed by atoms with Crippen molar-refractivity contribution >= 4 is 39.3 Å². The minimum absolute atomic E-state index is 0.220. The molecule has 4 nitrogen and oxygen atoms in total. The average molecular weight is 409 g/mol. The quantitative estimate of drug-likeness (QED) is 0.810. The normalized spacial score (nSPS) is 15.5. The van der Waals surface area contributed by atoms with E-state index in [-0.39, 0.29) is 5.91 Å². The van der Waals surface area contributed by atoms with Gasteiger partial charge in [-0.3, -0.25) is 9.69 Å². The number of hydrogen-bond donors (Lipinski definition) is 1. The maximum Gasteiger partial charge on any atom is 0.291 e. The number of amides is 1. The Morgan fingerprint density at radius 1 is 1.25 bits per heavy atom. The van der Waals surface area contributed by atoms with E-state index in [2.05, 4.69) is 38.3 Å². The van der Waals surface area contributed by atoms with Crippen molar-refractivity contribution in [1.29, 1.82) is 0 Å². The summed E-state index contributed by atoms with van der Waals surface area (Å²) in [7, 11) is 0. The first-order valence-corrected chi connectivity index (χ1v) is 9.94. The molecular weight excluding hydrogens is 388 g/mol. The molecule has 1 saturated heterocycles. The van der Waals surface area contributed by atoms with Gasteiger partial charge in [0.15, 0.2) is 10.4 Å². The summed E-state index contributed by atoms with van der Waals surface area (Å²) in [6.07, 6.45) is 0. The Kier molecular flexibility index (Phi) is 5.69. The number of halogens is 1. The average Bonchev–Trinajstić information content (AvgIpc) is 2.89. The Morgan fingerprint density at radius 3 is 2.62 bits per heavy atom. The molecule has 0 atom stereocenters. The zero-order valence-corrected chi connectivity index (χ0v) is 16.3. The van der Waals surface area contributed by atoms with Gasteiger partial charge in [-0.05, 0) is 53.0 Å². The summed E-state index contributed by atoms with van der Waals surface area (Å²) in [6.45, 7) is 7.15. The summed E-state index contributed by atoms with van der Waals surface area (Å²) in [4.78, 5) is 14.8. The highest BCUT2D eigenvalue weighted by molar-refractivity contribution is 9.10. The van der Waals surface area contributed by atoms with Gasteiger partial charge in [0.25, 0.3) is 5.91 Å². The Labute approximate surface area is 155 Å². The molecule has 1 N–H and O–H groups in total. The van der Waals surface area contributed by atoms with Gasteiger partial charge in [0.1, 0.15) is 0 Å². The van der Waals surface area contributed by atoms with E-state index >= 15 is 0 Å². The lowest BCUT2D eigenvalue weighted by molar-refractivity contribution is 0.0994. The van der Waals surface area contributed by atoms with Crippen molar-refractivity contribution in [2.45, 2.75) is 20.4 Å². The number of anilines is 1. The monoisotopic (exact) mass is 408 g/mol. The van der Waals surface area contributed by atoms with Crippen LogP contribution < -0.4 is 5.32 Å². The van der Waals surface area contributed by atoms with Crippen molar-refractivity contribution in [3.63, 3.8) is 0 Å². The molecule has 3 rings (SSSR count). The summed E-state index contributed by atoms with van der Waals surface area (Å²) in [5, 5.41) is 2.94. The van der Waals surface area contributed by atoms with Gasteiger partial charge in [-0.1, -0.05) is 12.1 Å². The van der Waals surface area contributed by atoms with Crippen LogP contribution in [0.1, 0.15) is 27.2 Å². The second-order valence-electron chi connectivity index (χ2n) is 6.05. The van der Waals surface area contributed by atoms with Gasteiger partial charge >= 0.3 is 0 Å². The Bertz CT molecular complexity index is 739. The number of nitrogens with zero attached hydrogens (tertiary/aromatic N) is 1. The molecule has 0 saturated carbocycles. The van der Waals surface area contributed by atoms with E-state index in [0.717, 1.165) is 36.4 Å². The molecule has 0 radical (unpaired) electrons. The largest absolute Gasteiger partial charge is 0.444 e. The third-order valence-corrected chi connectivity index (χ3v) is 5.48. The van der Waals surface area contributed by atoms with Gasteiger partial charge in [0.2, 0.25) is 0 Å². The lowest BCUT2D eigenvalue weighted by Crippen LogP contribution is -2.31. The fraction of sp³-hybridized carbons (Fsp3) is 0.389. The van der Waals surface area contributed by atoms with Gasteiger partial charge in [0.05, 0.1) is 0 Å². The Morgan fingerprint density at radius 2 is 2.00 bits per heavy atom. The maximum absolute atomic E-state index is 12.4. The summed E-state index contributed by atoms with van der Waals surface area (Å²) in [5.41, 5.74) is 3.99. The molecule has 2 heterocycles. The molecule has 0 aliphatic carbocycles. The number of nitrogens with one attached hydrogen (secondary N) is 1. The first-order valence-electron chi connectivity index (χ1n) is 8.00. The second kappa shape index (κ2) is 7.76. The van der Waals surface area contributed by atoms with E-state index in [1.54, 1.807) is 6.07 Å². The SMILES string of the molecule is Cc1cc(CN2CCSCC2)ccc1NC(=O)c1oc(Br)cc1C. The molecule has 1 aliphatic rings. The molecule has 1 aromatic heterocycles. The maximum atomic E-state index is 12.4. The summed E-state index contributed by atoms with van der Waals surface area (Å²) in [6, 6.07) is 8.02. The summed E-state index contributed by atoms with van der Waals surface area (Å²) < 4.78 is 5.97. The lowest BCUT2D eigenvalue weighted by Gasteiger charge is -2.26. The van der Waals surface area contributed by atoms with E-state index in [1.807, 2.05) is 31.7 Å². The molecule has 128 valence electrons. The van der Waals surface area contributed by atoms with Crippen LogP contribution in [-0.2, 0) is 6.54 Å². The third kappa shape index (κ3) is 4.23. The molecule has 2 aromatic rings. The third-order valence-electron chi connectivity index (χ3n) is 4.14. The van der Waals surface area contributed by atoms with Crippen molar-refractivity contribution in [3.05, 3.63) is 51.4 Å². The van der Waals surface area contributed by atoms with Crippen LogP contribution in [0.15, 0.2) is 33.4 Å². The number of carbonyl (C=O) groups is 1. The minimum atomic E-state index is -0.220. The number of aryl methyl sites for hydroxylation is 2. The smallest absolute Gasteiger partial charge is 0.291 e. The number of thioether (sulfide) groups is 1. The lowest BCUT2D eigenvalue weighted by atomic mass is 10.1. The number of hydrogen-bond acceptors (Lipinski definition) is 4. The number of benzene rings is 1. The van der Waals surface area contributed by atoms with Crippen molar-refractivity contribution in [2.75, 3.05) is 29.9 Å².